The first kappa shape index (κ1) is 21.1. The van der Waals surface area contributed by atoms with Crippen molar-refractivity contribution >= 4 is 11.9 Å². The van der Waals surface area contributed by atoms with Crippen molar-refractivity contribution in [3.63, 3.8) is 0 Å². The number of unbranched alkanes of at least 4 members (excludes halogenated alkanes) is 5. The molecule has 0 saturated heterocycles. The molecule has 0 heterocycles. The summed E-state index contributed by atoms with van der Waals surface area (Å²) in [4.78, 5) is 23.1. The fourth-order valence-corrected chi connectivity index (χ4v) is 2.39. The number of hydrogen-bond donors (Lipinski definition) is 0. The van der Waals surface area contributed by atoms with E-state index in [0.717, 1.165) is 12.8 Å². The van der Waals surface area contributed by atoms with Gasteiger partial charge in [-0.05, 0) is 18.1 Å². The highest BCUT2D eigenvalue weighted by Crippen LogP contribution is 2.08. The number of carbonyl (C=O) groups is 2. The van der Waals surface area contributed by atoms with Crippen molar-refractivity contribution in [3.8, 4) is 0 Å². The molecule has 0 atom stereocenters. The van der Waals surface area contributed by atoms with Gasteiger partial charge < -0.3 is 9.47 Å². The van der Waals surface area contributed by atoms with Crippen LogP contribution in [0.25, 0.3) is 0 Å². The second-order valence-corrected chi connectivity index (χ2v) is 6.05. The lowest BCUT2D eigenvalue weighted by molar-refractivity contribution is -0.150. The summed E-state index contributed by atoms with van der Waals surface area (Å²) in [6.07, 6.45) is 7.11. The van der Waals surface area contributed by atoms with Crippen LogP contribution in [0.4, 0.5) is 4.39 Å². The van der Waals surface area contributed by atoms with E-state index >= 15 is 0 Å². The molecule has 4 nitrogen and oxygen atoms in total. The second-order valence-electron chi connectivity index (χ2n) is 6.05. The van der Waals surface area contributed by atoms with Crippen molar-refractivity contribution in [2.75, 3.05) is 13.2 Å². The van der Waals surface area contributed by atoms with E-state index in [4.69, 9.17) is 9.47 Å². The van der Waals surface area contributed by atoms with Crippen LogP contribution in [0.15, 0.2) is 24.3 Å². The zero-order chi connectivity index (χ0) is 18.3. The Kier molecular flexibility index (Phi) is 11.3. The van der Waals surface area contributed by atoms with Crippen LogP contribution in [0.5, 0.6) is 0 Å². The molecule has 0 bridgehead atoms. The smallest absolute Gasteiger partial charge is 0.306 e. The number of ether oxygens (including phenoxy) is 2. The molecular weight excluding hydrogens is 323 g/mol. The average molecular weight is 352 g/mol. The predicted molar refractivity (Wildman–Crippen MR) is 94.6 cm³/mol. The van der Waals surface area contributed by atoms with E-state index in [-0.39, 0.29) is 31.2 Å². The van der Waals surface area contributed by atoms with Gasteiger partial charge in [0.05, 0.1) is 26.1 Å². The van der Waals surface area contributed by atoms with E-state index in [1.54, 1.807) is 18.2 Å². The molecule has 0 radical (unpaired) electrons. The monoisotopic (exact) mass is 352 g/mol. The maximum Gasteiger partial charge on any atom is 0.306 e. The molecule has 0 fully saturated rings. The summed E-state index contributed by atoms with van der Waals surface area (Å²) in [5.41, 5.74) is 0.508. The number of benzene rings is 1. The molecule has 1 aromatic rings. The van der Waals surface area contributed by atoms with Gasteiger partial charge in [-0.25, -0.2) is 4.39 Å². The quantitative estimate of drug-likeness (QED) is 0.385. The molecule has 0 unspecified atom stereocenters. The Morgan fingerprint density at radius 3 is 2.16 bits per heavy atom. The maximum absolute atomic E-state index is 13.4. The van der Waals surface area contributed by atoms with Crippen molar-refractivity contribution in [1.82, 2.24) is 0 Å². The second kappa shape index (κ2) is 13.4. The van der Waals surface area contributed by atoms with Crippen LogP contribution in [-0.2, 0) is 25.5 Å². The molecule has 0 spiro atoms. The highest BCUT2D eigenvalue weighted by atomic mass is 19.1. The Bertz CT molecular complexity index is 516. The van der Waals surface area contributed by atoms with Crippen LogP contribution in [0.3, 0.4) is 0 Å². The highest BCUT2D eigenvalue weighted by Gasteiger charge is 2.09. The summed E-state index contributed by atoms with van der Waals surface area (Å²) >= 11 is 0. The van der Waals surface area contributed by atoms with E-state index in [1.165, 1.54) is 31.7 Å². The minimum Gasteiger partial charge on any atom is -0.466 e. The van der Waals surface area contributed by atoms with Crippen molar-refractivity contribution in [3.05, 3.63) is 35.6 Å². The molecule has 0 saturated carbocycles. The average Bonchev–Trinajstić information content (AvgIpc) is 2.61. The third-order valence-electron chi connectivity index (χ3n) is 3.89. The van der Waals surface area contributed by atoms with Gasteiger partial charge in [0.15, 0.2) is 0 Å². The Morgan fingerprint density at radius 2 is 1.48 bits per heavy atom. The lowest BCUT2D eigenvalue weighted by Gasteiger charge is -2.06. The summed E-state index contributed by atoms with van der Waals surface area (Å²) < 4.78 is 23.5. The van der Waals surface area contributed by atoms with Gasteiger partial charge in [-0.15, -0.1) is 0 Å². The molecule has 1 rings (SSSR count). The number of halogens is 1. The highest BCUT2D eigenvalue weighted by molar-refractivity contribution is 5.77. The van der Waals surface area contributed by atoms with Gasteiger partial charge in [0, 0.05) is 6.42 Å². The Morgan fingerprint density at radius 1 is 0.880 bits per heavy atom. The van der Waals surface area contributed by atoms with Crippen LogP contribution in [0.1, 0.15) is 63.9 Å². The summed E-state index contributed by atoms with van der Waals surface area (Å²) in [6, 6.07) is 6.38. The lowest BCUT2D eigenvalue weighted by atomic mass is 10.1. The maximum atomic E-state index is 13.4. The van der Waals surface area contributed by atoms with Gasteiger partial charge in [0.25, 0.3) is 0 Å². The predicted octanol–water partition coefficient (Wildman–Crippen LogP) is 4.60. The first-order chi connectivity index (χ1) is 12.1. The SMILES string of the molecule is CCCCCCCCOC(=O)CCC(=O)OCCc1ccccc1F. The van der Waals surface area contributed by atoms with Crippen LogP contribution in [0, 0.1) is 5.82 Å². The van der Waals surface area contributed by atoms with Gasteiger partial charge in [0.2, 0.25) is 0 Å². The molecule has 1 aromatic carbocycles. The fraction of sp³-hybridized carbons (Fsp3) is 0.600. The van der Waals surface area contributed by atoms with E-state index in [1.807, 2.05) is 0 Å². The Balaban J connectivity index is 2.01. The van der Waals surface area contributed by atoms with E-state index in [0.29, 0.717) is 18.6 Å². The van der Waals surface area contributed by atoms with Gasteiger partial charge in [-0.3, -0.25) is 9.59 Å². The summed E-state index contributed by atoms with van der Waals surface area (Å²) in [7, 11) is 0. The van der Waals surface area contributed by atoms with Crippen LogP contribution < -0.4 is 0 Å². The third-order valence-corrected chi connectivity index (χ3v) is 3.89. The molecule has 5 heteroatoms. The van der Waals surface area contributed by atoms with Crippen molar-refractivity contribution in [2.24, 2.45) is 0 Å². The zero-order valence-corrected chi connectivity index (χ0v) is 15.1. The molecular formula is C20H29FO4. The van der Waals surface area contributed by atoms with E-state index in [2.05, 4.69) is 6.92 Å². The van der Waals surface area contributed by atoms with Crippen molar-refractivity contribution in [2.45, 2.75) is 64.7 Å². The number of hydrogen-bond acceptors (Lipinski definition) is 4. The number of rotatable bonds is 13. The largest absolute Gasteiger partial charge is 0.466 e. The topological polar surface area (TPSA) is 52.6 Å². The van der Waals surface area contributed by atoms with Gasteiger partial charge in [-0.1, -0.05) is 57.2 Å². The first-order valence-corrected chi connectivity index (χ1v) is 9.18. The van der Waals surface area contributed by atoms with Crippen molar-refractivity contribution < 1.29 is 23.5 Å². The molecule has 0 aliphatic heterocycles. The standard InChI is InChI=1S/C20H29FO4/c1-2-3-4-5-6-9-15-24-19(22)12-13-20(23)25-16-14-17-10-7-8-11-18(17)21/h7-8,10-11H,2-6,9,12-16H2,1H3. The minimum absolute atomic E-state index is 0.00734. The van der Waals surface area contributed by atoms with Gasteiger partial charge in [0.1, 0.15) is 5.82 Å². The molecule has 0 aliphatic carbocycles. The summed E-state index contributed by atoms with van der Waals surface area (Å²) in [5.74, 6) is -1.15. The minimum atomic E-state index is -0.465. The van der Waals surface area contributed by atoms with Gasteiger partial charge >= 0.3 is 11.9 Å². The summed E-state index contributed by atoms with van der Waals surface area (Å²) in [6.45, 7) is 2.69. The van der Waals surface area contributed by atoms with Crippen LogP contribution >= 0.6 is 0 Å². The molecule has 140 valence electrons. The van der Waals surface area contributed by atoms with Crippen LogP contribution in [-0.4, -0.2) is 25.2 Å². The Labute approximate surface area is 149 Å². The van der Waals surface area contributed by atoms with E-state index in [9.17, 15) is 14.0 Å². The molecule has 0 N–H and O–H groups in total. The molecule has 0 aliphatic rings. The fourth-order valence-electron chi connectivity index (χ4n) is 2.39. The Hall–Kier alpha value is -1.91. The number of carbonyl (C=O) groups excluding carboxylic acids is 2. The normalized spacial score (nSPS) is 10.5. The molecule has 0 amide bonds. The van der Waals surface area contributed by atoms with Crippen molar-refractivity contribution in [1.29, 1.82) is 0 Å². The van der Waals surface area contributed by atoms with Crippen LogP contribution in [0.2, 0.25) is 0 Å². The first-order valence-electron chi connectivity index (χ1n) is 9.18. The molecule has 0 aromatic heterocycles. The third kappa shape index (κ3) is 10.5. The lowest BCUT2D eigenvalue weighted by Crippen LogP contribution is -2.12. The number of esters is 2. The van der Waals surface area contributed by atoms with Gasteiger partial charge in [-0.2, -0.15) is 0 Å². The zero-order valence-electron chi connectivity index (χ0n) is 15.1. The van der Waals surface area contributed by atoms with E-state index < -0.39 is 5.97 Å². The molecule has 25 heavy (non-hydrogen) atoms. The summed E-state index contributed by atoms with van der Waals surface area (Å²) in [5, 5.41) is 0.